The third-order valence-corrected chi connectivity index (χ3v) is 0.856. The molecule has 0 amide bonds. The molecule has 47 valence electrons. The lowest BCUT2D eigenvalue weighted by Crippen LogP contribution is -2.20. The Bertz CT molecular complexity index is 48.4. The molecule has 3 radical (unpaired) electrons. The van der Waals surface area contributed by atoms with Gasteiger partial charge in [0.05, 0.1) is 13.2 Å². The van der Waals surface area contributed by atoms with Gasteiger partial charge in [-0.2, -0.15) is 0 Å². The summed E-state index contributed by atoms with van der Waals surface area (Å²) >= 11 is 0. The van der Waals surface area contributed by atoms with E-state index in [1.54, 1.807) is 13.8 Å². The fraction of sp³-hybridized carbons (Fsp3) is 1.00. The predicted molar refractivity (Wildman–Crippen MR) is 33.7 cm³/mol. The second-order valence-electron chi connectivity index (χ2n) is 2.48. The Morgan fingerprint density at radius 1 is 1.12 bits per heavy atom. The predicted octanol–water partition coefficient (Wildman–Crippen LogP) is -0.384. The minimum absolute atomic E-state index is 0. The van der Waals surface area contributed by atoms with E-state index in [1.165, 1.54) is 0 Å². The van der Waals surface area contributed by atoms with Crippen molar-refractivity contribution in [3.63, 3.8) is 0 Å². The molecule has 8 heavy (non-hydrogen) atoms. The lowest BCUT2D eigenvalue weighted by atomic mass is 9.97. The molecule has 3 heteroatoms. The zero-order chi connectivity index (χ0) is 5.91. The van der Waals surface area contributed by atoms with E-state index in [-0.39, 0.29) is 27.0 Å². The molecule has 2 nitrogen and oxygen atoms in total. The first-order valence-electron chi connectivity index (χ1n) is 2.34. The van der Waals surface area contributed by atoms with E-state index in [9.17, 15) is 0 Å². The molecule has 0 atom stereocenters. The molecule has 0 saturated heterocycles. The van der Waals surface area contributed by atoms with E-state index < -0.39 is 0 Å². The highest BCUT2D eigenvalue weighted by Gasteiger charge is 2.13. The van der Waals surface area contributed by atoms with Crippen molar-refractivity contribution in [2.45, 2.75) is 13.8 Å². The number of hydrogen-bond donors (Lipinski definition) is 2. The Morgan fingerprint density at radius 2 is 1.38 bits per heavy atom. The number of rotatable bonds is 2. The largest absolute Gasteiger partial charge is 0.396 e. The number of aliphatic hydroxyl groups is 2. The molecule has 0 aliphatic carbocycles. The fourth-order valence-corrected chi connectivity index (χ4v) is 0.0500. The minimum Gasteiger partial charge on any atom is -0.396 e. The summed E-state index contributed by atoms with van der Waals surface area (Å²) in [6.45, 7) is 3.69. The van der Waals surface area contributed by atoms with Gasteiger partial charge in [0.25, 0.3) is 0 Å². The third-order valence-electron chi connectivity index (χ3n) is 0.856. The van der Waals surface area contributed by atoms with Gasteiger partial charge in [0, 0.05) is 13.8 Å². The van der Waals surface area contributed by atoms with Crippen molar-refractivity contribution in [3.05, 3.63) is 0 Å². The normalized spacial score (nSPS) is 10.5. The lowest BCUT2D eigenvalue weighted by Gasteiger charge is -2.16. The molecule has 2 N–H and O–H groups in total. The maximum Gasteiger partial charge on any atom is 0.0504 e. The van der Waals surface area contributed by atoms with Crippen LogP contribution in [0.5, 0.6) is 0 Å². The molecule has 0 rings (SSSR count). The summed E-state index contributed by atoms with van der Waals surface area (Å²) in [5, 5.41) is 16.9. The summed E-state index contributed by atoms with van der Waals surface area (Å²) in [7, 11) is 0. The van der Waals surface area contributed by atoms with Crippen LogP contribution < -0.4 is 0 Å². The highest BCUT2D eigenvalue weighted by Crippen LogP contribution is 2.10. The monoisotopic (exact) mass is 115 g/mol. The van der Waals surface area contributed by atoms with Crippen molar-refractivity contribution in [2.24, 2.45) is 5.41 Å². The van der Waals surface area contributed by atoms with Crippen LogP contribution in [0.1, 0.15) is 13.8 Å². The van der Waals surface area contributed by atoms with Crippen LogP contribution in [-0.2, 0) is 0 Å². The smallest absolute Gasteiger partial charge is 0.0504 e. The SMILES string of the molecule is CC(C)(CO)CO.[B]. The van der Waals surface area contributed by atoms with Crippen LogP contribution in [0.3, 0.4) is 0 Å². The Kier molecular flexibility index (Phi) is 5.33. The van der Waals surface area contributed by atoms with E-state index in [0.29, 0.717) is 0 Å². The summed E-state index contributed by atoms with van der Waals surface area (Å²) in [5.41, 5.74) is -0.306. The molecular formula is C5H12BO2. The topological polar surface area (TPSA) is 40.5 Å². The van der Waals surface area contributed by atoms with Crippen molar-refractivity contribution in [3.8, 4) is 0 Å². The standard InChI is InChI=1S/C5H12O2.B/c1-5(2,3-6)4-7;/h6-7H,3-4H2,1-2H3;. The first kappa shape index (κ1) is 10.9. The Hall–Kier alpha value is -0.0151. The van der Waals surface area contributed by atoms with Crippen molar-refractivity contribution >= 4 is 8.41 Å². The van der Waals surface area contributed by atoms with Crippen LogP contribution in [0.25, 0.3) is 0 Å². The van der Waals surface area contributed by atoms with E-state index in [0.717, 1.165) is 0 Å². The summed E-state index contributed by atoms with van der Waals surface area (Å²) < 4.78 is 0. The zero-order valence-electron chi connectivity index (χ0n) is 5.39. The average Bonchev–Trinajstić information content (AvgIpc) is 1.68. The molecule has 0 heterocycles. The minimum atomic E-state index is -0.306. The summed E-state index contributed by atoms with van der Waals surface area (Å²) in [6.07, 6.45) is 0. The summed E-state index contributed by atoms with van der Waals surface area (Å²) in [5.74, 6) is 0. The molecule has 0 aromatic heterocycles. The van der Waals surface area contributed by atoms with Crippen molar-refractivity contribution in [2.75, 3.05) is 13.2 Å². The number of hydrogen-bond acceptors (Lipinski definition) is 2. The van der Waals surface area contributed by atoms with Gasteiger partial charge in [0.2, 0.25) is 0 Å². The molecule has 0 aromatic carbocycles. The van der Waals surface area contributed by atoms with Crippen LogP contribution in [0.2, 0.25) is 0 Å². The van der Waals surface area contributed by atoms with E-state index >= 15 is 0 Å². The maximum absolute atomic E-state index is 8.43. The number of aliphatic hydroxyl groups excluding tert-OH is 2. The molecule has 0 bridgehead atoms. The van der Waals surface area contributed by atoms with Gasteiger partial charge in [-0.1, -0.05) is 13.8 Å². The second kappa shape index (κ2) is 3.92. The quantitative estimate of drug-likeness (QED) is 0.481. The first-order valence-corrected chi connectivity index (χ1v) is 2.34. The molecular weight excluding hydrogens is 103 g/mol. The van der Waals surface area contributed by atoms with E-state index in [4.69, 9.17) is 10.2 Å². The Labute approximate surface area is 52.1 Å². The second-order valence-corrected chi connectivity index (χ2v) is 2.48. The summed E-state index contributed by atoms with van der Waals surface area (Å²) in [6, 6.07) is 0. The molecule has 0 aliphatic heterocycles. The van der Waals surface area contributed by atoms with Gasteiger partial charge in [0.1, 0.15) is 0 Å². The summed E-state index contributed by atoms with van der Waals surface area (Å²) in [4.78, 5) is 0. The van der Waals surface area contributed by atoms with Crippen LogP contribution in [0.15, 0.2) is 0 Å². The van der Waals surface area contributed by atoms with E-state index in [2.05, 4.69) is 0 Å². The third kappa shape index (κ3) is 4.15. The van der Waals surface area contributed by atoms with Crippen LogP contribution in [0.4, 0.5) is 0 Å². The fourth-order valence-electron chi connectivity index (χ4n) is 0.0500. The van der Waals surface area contributed by atoms with Crippen LogP contribution in [0, 0.1) is 5.41 Å². The maximum atomic E-state index is 8.43. The molecule has 0 saturated carbocycles. The van der Waals surface area contributed by atoms with Gasteiger partial charge in [-0.25, -0.2) is 0 Å². The van der Waals surface area contributed by atoms with E-state index in [1.807, 2.05) is 0 Å². The van der Waals surface area contributed by atoms with Crippen LogP contribution >= 0.6 is 0 Å². The first-order chi connectivity index (χ1) is 3.12. The van der Waals surface area contributed by atoms with Crippen LogP contribution in [-0.4, -0.2) is 31.8 Å². The average molecular weight is 115 g/mol. The van der Waals surface area contributed by atoms with Gasteiger partial charge < -0.3 is 10.2 Å². The highest BCUT2D eigenvalue weighted by atomic mass is 16.3. The van der Waals surface area contributed by atoms with Crippen molar-refractivity contribution in [1.82, 2.24) is 0 Å². The van der Waals surface area contributed by atoms with Gasteiger partial charge >= 0.3 is 0 Å². The zero-order valence-corrected chi connectivity index (χ0v) is 5.39. The highest BCUT2D eigenvalue weighted by molar-refractivity contribution is 5.75. The Morgan fingerprint density at radius 3 is 1.38 bits per heavy atom. The van der Waals surface area contributed by atoms with Crippen molar-refractivity contribution < 1.29 is 10.2 Å². The molecule has 0 aliphatic rings. The van der Waals surface area contributed by atoms with Gasteiger partial charge in [-0.3, -0.25) is 0 Å². The van der Waals surface area contributed by atoms with Gasteiger partial charge in [-0.15, -0.1) is 0 Å². The van der Waals surface area contributed by atoms with Gasteiger partial charge in [-0.05, 0) is 0 Å². The van der Waals surface area contributed by atoms with Gasteiger partial charge in [0.15, 0.2) is 0 Å². The molecule has 0 fully saturated rings. The lowest BCUT2D eigenvalue weighted by molar-refractivity contribution is 0.0857. The molecule has 0 unspecified atom stereocenters. The molecule has 0 aromatic rings. The van der Waals surface area contributed by atoms with Crippen molar-refractivity contribution in [1.29, 1.82) is 0 Å². The molecule has 0 spiro atoms. The Balaban J connectivity index is 0.